The van der Waals surface area contributed by atoms with E-state index in [-0.39, 0.29) is 0 Å². The molecule has 4 aromatic rings. The fraction of sp³-hybridized carbons (Fsp3) is 0. The van der Waals surface area contributed by atoms with Gasteiger partial charge in [-0.2, -0.15) is 0 Å². The first-order valence-corrected chi connectivity index (χ1v) is 7.15. The third kappa shape index (κ3) is 1.36. The van der Waals surface area contributed by atoms with Crippen LogP contribution in [0.2, 0.25) is 0 Å². The third-order valence-electron chi connectivity index (χ3n) is 2.86. The molecule has 4 nitrogen and oxygen atoms in total. The van der Waals surface area contributed by atoms with E-state index in [1.54, 1.807) is 35.3 Å². The summed E-state index contributed by atoms with van der Waals surface area (Å²) in [5.41, 5.74) is 4.59. The summed E-state index contributed by atoms with van der Waals surface area (Å²) < 4.78 is 2.60. The summed E-state index contributed by atoms with van der Waals surface area (Å²) in [5.74, 6) is 0. The quantitative estimate of drug-likeness (QED) is 0.584. The summed E-state index contributed by atoms with van der Waals surface area (Å²) in [4.78, 5) is 14.5. The van der Waals surface area contributed by atoms with Crippen LogP contribution in [0.4, 0.5) is 0 Å². The Morgan fingerprint density at radius 3 is 1.67 bits per heavy atom. The van der Waals surface area contributed by atoms with Crippen LogP contribution < -0.4 is 0 Å². The average molecular weight is 272 g/mol. The van der Waals surface area contributed by atoms with Gasteiger partial charge in [0, 0.05) is 21.9 Å². The highest BCUT2D eigenvalue weighted by molar-refractivity contribution is 7.27. The Kier molecular flexibility index (Phi) is 2.12. The topological polar surface area (TPSA) is 57.4 Å². The van der Waals surface area contributed by atoms with Crippen molar-refractivity contribution < 1.29 is 0 Å². The smallest absolute Gasteiger partial charge is 0.0924 e. The predicted octanol–water partition coefficient (Wildman–Crippen LogP) is 3.74. The molecule has 0 spiro atoms. The van der Waals surface area contributed by atoms with Crippen molar-refractivity contribution in [3.63, 3.8) is 0 Å². The molecule has 4 heterocycles. The Labute approximate surface area is 110 Å². The van der Waals surface area contributed by atoms with Crippen molar-refractivity contribution in [2.24, 2.45) is 0 Å². The molecule has 18 heavy (non-hydrogen) atoms. The number of nitrogens with zero attached hydrogens (tertiary/aromatic N) is 2. The number of aromatic nitrogens is 4. The van der Waals surface area contributed by atoms with E-state index in [1.807, 2.05) is 12.4 Å². The van der Waals surface area contributed by atoms with Gasteiger partial charge >= 0.3 is 0 Å². The Balaban J connectivity index is 1.95. The molecule has 0 unspecified atom stereocenters. The van der Waals surface area contributed by atoms with Gasteiger partial charge in [0.15, 0.2) is 0 Å². The van der Waals surface area contributed by atoms with Gasteiger partial charge in [-0.05, 0) is 0 Å². The first-order chi connectivity index (χ1) is 8.93. The molecule has 2 N–H and O–H groups in total. The van der Waals surface area contributed by atoms with Crippen LogP contribution in [0.25, 0.3) is 31.9 Å². The number of aromatic amines is 2. The molecule has 0 aliphatic rings. The van der Waals surface area contributed by atoms with Crippen molar-refractivity contribution in [3.05, 3.63) is 35.8 Å². The van der Waals surface area contributed by atoms with E-state index in [9.17, 15) is 0 Å². The van der Waals surface area contributed by atoms with Crippen molar-refractivity contribution in [1.82, 2.24) is 19.9 Å². The van der Waals surface area contributed by atoms with E-state index in [2.05, 4.69) is 30.7 Å². The van der Waals surface area contributed by atoms with Crippen LogP contribution in [0.1, 0.15) is 0 Å². The van der Waals surface area contributed by atoms with Gasteiger partial charge in [0.05, 0.1) is 45.8 Å². The van der Waals surface area contributed by atoms with Gasteiger partial charge in [-0.15, -0.1) is 22.7 Å². The molecular formula is C12H8N4S2. The predicted molar refractivity (Wildman–Crippen MR) is 74.9 cm³/mol. The molecule has 0 amide bonds. The number of nitrogens with one attached hydrogen (secondary N) is 2. The van der Waals surface area contributed by atoms with E-state index in [4.69, 9.17) is 0 Å². The zero-order valence-electron chi connectivity index (χ0n) is 9.18. The van der Waals surface area contributed by atoms with Gasteiger partial charge in [0.2, 0.25) is 0 Å². The lowest BCUT2D eigenvalue weighted by atomic mass is 10.2. The number of hydrogen-bond donors (Lipinski definition) is 2. The number of fused-ring (bicyclic) bond motifs is 1. The van der Waals surface area contributed by atoms with Crippen LogP contribution in [0.3, 0.4) is 0 Å². The highest BCUT2D eigenvalue weighted by atomic mass is 32.1. The molecule has 0 aromatic carbocycles. The second-order valence-corrected chi connectivity index (χ2v) is 5.65. The molecule has 0 atom stereocenters. The number of H-pyrrole nitrogens is 2. The number of imidazole rings is 2. The number of hydrogen-bond acceptors (Lipinski definition) is 4. The zero-order valence-corrected chi connectivity index (χ0v) is 10.8. The molecule has 4 rings (SSSR count). The normalized spacial score (nSPS) is 11.3. The molecule has 6 heteroatoms. The standard InChI is InChI=1S/C12H8N4S2/c1-9(15-5-13-1)7-3-17-12-8(4-18-11(7)12)10-2-14-6-16-10/h1-6H,(H,13,15)(H,14,16). The maximum absolute atomic E-state index is 4.08. The van der Waals surface area contributed by atoms with Gasteiger partial charge in [-0.1, -0.05) is 0 Å². The molecular weight excluding hydrogens is 264 g/mol. The molecule has 0 fully saturated rings. The molecule has 4 aromatic heterocycles. The molecule has 0 bridgehead atoms. The lowest BCUT2D eigenvalue weighted by Gasteiger charge is -1.90. The highest BCUT2D eigenvalue weighted by Gasteiger charge is 2.14. The first-order valence-electron chi connectivity index (χ1n) is 5.39. The summed E-state index contributed by atoms with van der Waals surface area (Å²) in [6.45, 7) is 0. The number of rotatable bonds is 2. The fourth-order valence-electron chi connectivity index (χ4n) is 2.00. The minimum Gasteiger partial charge on any atom is -0.345 e. The summed E-state index contributed by atoms with van der Waals surface area (Å²) in [5, 5.41) is 4.35. The van der Waals surface area contributed by atoms with Gasteiger partial charge in [-0.3, -0.25) is 0 Å². The van der Waals surface area contributed by atoms with E-state index in [0.717, 1.165) is 11.4 Å². The molecule has 0 aliphatic heterocycles. The van der Waals surface area contributed by atoms with Gasteiger partial charge in [-0.25, -0.2) is 9.97 Å². The maximum Gasteiger partial charge on any atom is 0.0924 e. The molecule has 0 saturated heterocycles. The zero-order chi connectivity index (χ0) is 11.9. The van der Waals surface area contributed by atoms with Crippen molar-refractivity contribution in [2.75, 3.05) is 0 Å². The second kappa shape index (κ2) is 3.79. The summed E-state index contributed by atoms with van der Waals surface area (Å²) >= 11 is 3.52. The van der Waals surface area contributed by atoms with Crippen LogP contribution in [-0.2, 0) is 0 Å². The van der Waals surface area contributed by atoms with Crippen LogP contribution in [-0.4, -0.2) is 19.9 Å². The first kappa shape index (κ1) is 10.0. The Hall–Kier alpha value is -1.92. The summed E-state index contributed by atoms with van der Waals surface area (Å²) in [7, 11) is 0. The van der Waals surface area contributed by atoms with Crippen LogP contribution in [0.5, 0.6) is 0 Å². The average Bonchev–Trinajstić information content (AvgIpc) is 3.14. The van der Waals surface area contributed by atoms with Gasteiger partial charge < -0.3 is 9.97 Å². The van der Waals surface area contributed by atoms with Crippen molar-refractivity contribution in [1.29, 1.82) is 0 Å². The SMILES string of the molecule is c1ncc(-c2csc3c(-c4cnc[nH]4)csc23)[nH]1. The van der Waals surface area contributed by atoms with Gasteiger partial charge in [0.1, 0.15) is 0 Å². The maximum atomic E-state index is 4.08. The van der Waals surface area contributed by atoms with Crippen molar-refractivity contribution in [3.8, 4) is 22.5 Å². The van der Waals surface area contributed by atoms with Crippen LogP contribution in [0, 0.1) is 0 Å². The molecule has 0 radical (unpaired) electrons. The number of thiophene rings is 2. The van der Waals surface area contributed by atoms with E-state index in [1.165, 1.54) is 20.5 Å². The van der Waals surface area contributed by atoms with Gasteiger partial charge in [0.25, 0.3) is 0 Å². The second-order valence-electron chi connectivity index (χ2n) is 3.89. The van der Waals surface area contributed by atoms with Crippen molar-refractivity contribution >= 4 is 32.1 Å². The minimum atomic E-state index is 1.07. The summed E-state index contributed by atoms with van der Waals surface area (Å²) in [6, 6.07) is 0. The summed E-state index contributed by atoms with van der Waals surface area (Å²) in [6.07, 6.45) is 7.14. The largest absolute Gasteiger partial charge is 0.345 e. The Morgan fingerprint density at radius 2 is 1.28 bits per heavy atom. The third-order valence-corrected chi connectivity index (χ3v) is 5.02. The van der Waals surface area contributed by atoms with Crippen molar-refractivity contribution in [2.45, 2.75) is 0 Å². The van der Waals surface area contributed by atoms with Crippen LogP contribution >= 0.6 is 22.7 Å². The Bertz CT molecular complexity index is 709. The highest BCUT2D eigenvalue weighted by Crippen LogP contribution is 2.42. The minimum absolute atomic E-state index is 1.07. The fourth-order valence-corrected chi connectivity index (χ4v) is 4.42. The molecule has 0 aliphatic carbocycles. The monoisotopic (exact) mass is 272 g/mol. The molecule has 88 valence electrons. The molecule has 0 saturated carbocycles. The van der Waals surface area contributed by atoms with E-state index >= 15 is 0 Å². The Morgan fingerprint density at radius 1 is 0.778 bits per heavy atom. The lowest BCUT2D eigenvalue weighted by molar-refractivity contribution is 1.32. The lowest BCUT2D eigenvalue weighted by Crippen LogP contribution is -1.71. The van der Waals surface area contributed by atoms with E-state index < -0.39 is 0 Å². The van der Waals surface area contributed by atoms with E-state index in [0.29, 0.717) is 0 Å². The van der Waals surface area contributed by atoms with Crippen LogP contribution in [0.15, 0.2) is 35.8 Å².